The minimum Gasteiger partial charge on any atom is -0.349 e. The summed E-state index contributed by atoms with van der Waals surface area (Å²) in [6, 6.07) is 24.1. The molecule has 0 fully saturated rings. The maximum absolute atomic E-state index is 12.3. The highest BCUT2D eigenvalue weighted by Gasteiger charge is 2.11. The van der Waals surface area contributed by atoms with Crippen molar-refractivity contribution in [3.63, 3.8) is 0 Å². The predicted molar refractivity (Wildman–Crippen MR) is 105 cm³/mol. The van der Waals surface area contributed by atoms with Crippen molar-refractivity contribution in [1.29, 1.82) is 0 Å². The molecule has 0 bridgehead atoms. The quantitative estimate of drug-likeness (QED) is 0.512. The molecule has 136 valence electrons. The lowest BCUT2D eigenvalue weighted by Crippen LogP contribution is -2.28. The Labute approximate surface area is 157 Å². The van der Waals surface area contributed by atoms with E-state index in [1.807, 2.05) is 49.4 Å². The van der Waals surface area contributed by atoms with Crippen LogP contribution in [0.3, 0.4) is 0 Å². The molecule has 1 amide bonds. The molecule has 0 radical (unpaired) electrons. The Kier molecular flexibility index (Phi) is 5.61. The van der Waals surface area contributed by atoms with E-state index < -0.39 is 4.92 Å². The molecule has 0 aliphatic carbocycles. The fourth-order valence-corrected chi connectivity index (χ4v) is 2.89. The first-order valence-corrected chi connectivity index (χ1v) is 8.71. The molecule has 5 nitrogen and oxygen atoms in total. The third-order valence-corrected chi connectivity index (χ3v) is 4.41. The number of carbonyl (C=O) groups excluding carboxylic acids is 1. The Bertz CT molecular complexity index is 920. The van der Waals surface area contributed by atoms with Crippen LogP contribution in [-0.2, 0) is 11.2 Å². The first-order valence-electron chi connectivity index (χ1n) is 8.71. The zero-order valence-corrected chi connectivity index (χ0v) is 15.0. The van der Waals surface area contributed by atoms with Gasteiger partial charge >= 0.3 is 0 Å². The van der Waals surface area contributed by atoms with Crippen LogP contribution in [0.1, 0.15) is 24.1 Å². The standard InChI is InChI=1S/C22H20N2O3/c1-16(18-9-11-20(12-10-18)19-5-3-2-4-6-19)23-22(25)15-17-7-13-21(14-8-17)24(26)27/h2-14,16H,15H2,1H3,(H,23,25). The van der Waals surface area contributed by atoms with E-state index in [9.17, 15) is 14.9 Å². The molecule has 3 aromatic rings. The highest BCUT2D eigenvalue weighted by molar-refractivity contribution is 5.79. The van der Waals surface area contributed by atoms with Crippen molar-refractivity contribution < 1.29 is 9.72 Å². The van der Waals surface area contributed by atoms with Gasteiger partial charge in [-0.15, -0.1) is 0 Å². The van der Waals surface area contributed by atoms with E-state index in [4.69, 9.17) is 0 Å². The van der Waals surface area contributed by atoms with Crippen molar-refractivity contribution in [2.75, 3.05) is 0 Å². The first-order chi connectivity index (χ1) is 13.0. The molecule has 1 atom stereocenters. The van der Waals surface area contributed by atoms with Crippen LogP contribution in [-0.4, -0.2) is 10.8 Å². The summed E-state index contributed by atoms with van der Waals surface area (Å²) in [6.45, 7) is 1.94. The van der Waals surface area contributed by atoms with E-state index in [-0.39, 0.29) is 24.1 Å². The topological polar surface area (TPSA) is 72.2 Å². The van der Waals surface area contributed by atoms with Gasteiger partial charge in [-0.2, -0.15) is 0 Å². The number of nitrogens with one attached hydrogen (secondary N) is 1. The van der Waals surface area contributed by atoms with Crippen molar-refractivity contribution in [1.82, 2.24) is 5.32 Å². The minimum absolute atomic E-state index is 0.0195. The van der Waals surface area contributed by atoms with Gasteiger partial charge in [-0.3, -0.25) is 14.9 Å². The van der Waals surface area contributed by atoms with E-state index in [0.29, 0.717) is 0 Å². The van der Waals surface area contributed by atoms with E-state index in [2.05, 4.69) is 17.4 Å². The third kappa shape index (κ3) is 4.79. The molecule has 5 heteroatoms. The first kappa shape index (κ1) is 18.3. The summed E-state index contributed by atoms with van der Waals surface area (Å²) in [6.07, 6.45) is 0.185. The zero-order valence-electron chi connectivity index (χ0n) is 15.0. The normalized spacial score (nSPS) is 11.6. The van der Waals surface area contributed by atoms with Crippen molar-refractivity contribution in [2.24, 2.45) is 0 Å². The van der Waals surface area contributed by atoms with E-state index in [1.54, 1.807) is 12.1 Å². The monoisotopic (exact) mass is 360 g/mol. The van der Waals surface area contributed by atoms with Crippen LogP contribution >= 0.6 is 0 Å². The molecule has 0 saturated heterocycles. The van der Waals surface area contributed by atoms with Gasteiger partial charge in [-0.25, -0.2) is 0 Å². The highest BCUT2D eigenvalue weighted by atomic mass is 16.6. The number of nitro groups is 1. The SMILES string of the molecule is CC(NC(=O)Cc1ccc([N+](=O)[O-])cc1)c1ccc(-c2ccccc2)cc1. The van der Waals surface area contributed by atoms with Crippen LogP contribution in [0.5, 0.6) is 0 Å². The summed E-state index contributed by atoms with van der Waals surface area (Å²) in [5, 5.41) is 13.6. The second-order valence-electron chi connectivity index (χ2n) is 6.38. The minimum atomic E-state index is -0.453. The molecule has 27 heavy (non-hydrogen) atoms. The molecule has 3 rings (SSSR count). The summed E-state index contributed by atoms with van der Waals surface area (Å²) in [4.78, 5) is 22.5. The van der Waals surface area contributed by atoms with Gasteiger partial charge in [0, 0.05) is 12.1 Å². The number of nitro benzene ring substituents is 1. The van der Waals surface area contributed by atoms with Crippen LogP contribution in [0.2, 0.25) is 0 Å². The lowest BCUT2D eigenvalue weighted by atomic mass is 10.0. The van der Waals surface area contributed by atoms with Crippen LogP contribution in [0.15, 0.2) is 78.9 Å². The van der Waals surface area contributed by atoms with Crippen molar-refractivity contribution in [3.05, 3.63) is 100 Å². The van der Waals surface area contributed by atoms with Gasteiger partial charge < -0.3 is 5.32 Å². The maximum Gasteiger partial charge on any atom is 0.269 e. The molecule has 0 heterocycles. The van der Waals surface area contributed by atoms with Crippen LogP contribution in [0.4, 0.5) is 5.69 Å². The molecule has 1 unspecified atom stereocenters. The smallest absolute Gasteiger partial charge is 0.269 e. The number of rotatable bonds is 6. The zero-order chi connectivity index (χ0) is 19.2. The maximum atomic E-state index is 12.3. The lowest BCUT2D eigenvalue weighted by Gasteiger charge is -2.15. The van der Waals surface area contributed by atoms with E-state index in [1.165, 1.54) is 12.1 Å². The molecule has 1 N–H and O–H groups in total. The second kappa shape index (κ2) is 8.27. The Morgan fingerprint density at radius 2 is 1.52 bits per heavy atom. The predicted octanol–water partition coefficient (Wildman–Crippen LogP) is 4.68. The van der Waals surface area contributed by atoms with Crippen molar-refractivity contribution >= 4 is 11.6 Å². The molecule has 0 aliphatic heterocycles. The number of non-ortho nitro benzene ring substituents is 1. The van der Waals surface area contributed by atoms with Crippen molar-refractivity contribution in [3.8, 4) is 11.1 Å². The number of nitrogens with zero attached hydrogens (tertiary/aromatic N) is 1. The summed E-state index contributed by atoms with van der Waals surface area (Å²) >= 11 is 0. The van der Waals surface area contributed by atoms with Gasteiger partial charge in [0.25, 0.3) is 5.69 Å². The van der Waals surface area contributed by atoms with Crippen LogP contribution < -0.4 is 5.32 Å². The van der Waals surface area contributed by atoms with Gasteiger partial charge in [-0.05, 0) is 29.2 Å². The van der Waals surface area contributed by atoms with Crippen LogP contribution in [0, 0.1) is 10.1 Å². The fraction of sp³-hybridized carbons (Fsp3) is 0.136. The summed E-state index contributed by atoms with van der Waals surface area (Å²) < 4.78 is 0. The van der Waals surface area contributed by atoms with Crippen molar-refractivity contribution in [2.45, 2.75) is 19.4 Å². The summed E-state index contributed by atoms with van der Waals surface area (Å²) in [5.41, 5.74) is 4.06. The third-order valence-electron chi connectivity index (χ3n) is 4.41. The number of amides is 1. The molecule has 0 spiro atoms. The van der Waals surface area contributed by atoms with Crippen LogP contribution in [0.25, 0.3) is 11.1 Å². The van der Waals surface area contributed by atoms with E-state index in [0.717, 1.165) is 22.3 Å². The molecule has 0 saturated carbocycles. The Balaban J connectivity index is 1.60. The second-order valence-corrected chi connectivity index (χ2v) is 6.38. The Hall–Kier alpha value is -3.47. The largest absolute Gasteiger partial charge is 0.349 e. The van der Waals surface area contributed by atoms with Gasteiger partial charge in [0.05, 0.1) is 17.4 Å². The van der Waals surface area contributed by atoms with Gasteiger partial charge in [-0.1, -0.05) is 66.7 Å². The Morgan fingerprint density at radius 3 is 2.11 bits per heavy atom. The van der Waals surface area contributed by atoms with E-state index >= 15 is 0 Å². The van der Waals surface area contributed by atoms with Gasteiger partial charge in [0.1, 0.15) is 0 Å². The van der Waals surface area contributed by atoms with Gasteiger partial charge in [0.2, 0.25) is 5.91 Å². The average Bonchev–Trinajstić information content (AvgIpc) is 2.69. The number of benzene rings is 3. The number of hydrogen-bond acceptors (Lipinski definition) is 3. The molecular weight excluding hydrogens is 340 g/mol. The molecular formula is C22H20N2O3. The molecule has 3 aromatic carbocycles. The fourth-order valence-electron chi connectivity index (χ4n) is 2.89. The summed E-state index contributed by atoms with van der Waals surface area (Å²) in [5.74, 6) is -0.122. The number of hydrogen-bond donors (Lipinski definition) is 1. The average molecular weight is 360 g/mol. The molecule has 0 aromatic heterocycles. The highest BCUT2D eigenvalue weighted by Crippen LogP contribution is 2.22. The molecule has 0 aliphatic rings. The Morgan fingerprint density at radius 1 is 0.926 bits per heavy atom. The lowest BCUT2D eigenvalue weighted by molar-refractivity contribution is -0.384. The van der Waals surface area contributed by atoms with Gasteiger partial charge in [0.15, 0.2) is 0 Å². The summed E-state index contributed by atoms with van der Waals surface area (Å²) in [7, 11) is 0. The number of carbonyl (C=O) groups is 1.